The van der Waals surface area contributed by atoms with E-state index in [-0.39, 0.29) is 19.6 Å². The highest BCUT2D eigenvalue weighted by molar-refractivity contribution is 5.69. The second-order valence-corrected chi connectivity index (χ2v) is 4.63. The summed E-state index contributed by atoms with van der Waals surface area (Å²) in [6.07, 6.45) is 5.22. The van der Waals surface area contributed by atoms with Gasteiger partial charge in [-0.15, -0.1) is 6.42 Å². The summed E-state index contributed by atoms with van der Waals surface area (Å²) >= 11 is 0. The number of nitrogens with zero attached hydrogens (tertiary/aromatic N) is 3. The molecule has 2 rings (SSSR count). The summed E-state index contributed by atoms with van der Waals surface area (Å²) in [6.45, 7) is 2.24. The summed E-state index contributed by atoms with van der Waals surface area (Å²) in [6, 6.07) is 7.69. The molecule has 0 radical (unpaired) electrons. The Labute approximate surface area is 122 Å². The SMILES string of the molecule is C#CCN(CC(=O)O)Cc1noc(-c2cccc(C)c2)n1. The van der Waals surface area contributed by atoms with E-state index in [2.05, 4.69) is 16.1 Å². The monoisotopic (exact) mass is 285 g/mol. The molecule has 0 aliphatic heterocycles. The predicted octanol–water partition coefficient (Wildman–Crippen LogP) is 1.56. The van der Waals surface area contributed by atoms with Gasteiger partial charge in [0.25, 0.3) is 5.89 Å². The van der Waals surface area contributed by atoms with E-state index in [9.17, 15) is 4.79 Å². The van der Waals surface area contributed by atoms with Gasteiger partial charge in [-0.1, -0.05) is 28.8 Å². The van der Waals surface area contributed by atoms with Crippen molar-refractivity contribution in [1.29, 1.82) is 0 Å². The maximum absolute atomic E-state index is 10.8. The predicted molar refractivity (Wildman–Crippen MR) is 76.2 cm³/mol. The summed E-state index contributed by atoms with van der Waals surface area (Å²) in [4.78, 5) is 16.6. The molecule has 0 bridgehead atoms. The smallest absolute Gasteiger partial charge is 0.317 e. The van der Waals surface area contributed by atoms with Crippen LogP contribution in [0, 0.1) is 19.3 Å². The van der Waals surface area contributed by atoms with Gasteiger partial charge in [0.2, 0.25) is 0 Å². The maximum Gasteiger partial charge on any atom is 0.317 e. The lowest BCUT2D eigenvalue weighted by Crippen LogP contribution is -2.30. The summed E-state index contributed by atoms with van der Waals surface area (Å²) in [7, 11) is 0. The molecule has 0 unspecified atom stereocenters. The van der Waals surface area contributed by atoms with Crippen molar-refractivity contribution in [2.24, 2.45) is 0 Å². The van der Waals surface area contributed by atoms with Crippen molar-refractivity contribution < 1.29 is 14.4 Å². The standard InChI is InChI=1S/C15H15N3O3/c1-3-7-18(10-14(19)20)9-13-16-15(21-17-13)12-6-4-5-11(2)8-12/h1,4-6,8H,7,9-10H2,2H3,(H,19,20). The molecule has 0 saturated carbocycles. The number of terminal acetylenes is 1. The van der Waals surface area contributed by atoms with Crippen LogP contribution in [0.4, 0.5) is 0 Å². The number of rotatable bonds is 6. The van der Waals surface area contributed by atoms with Crippen LogP contribution in [0.3, 0.4) is 0 Å². The lowest BCUT2D eigenvalue weighted by Gasteiger charge is -2.14. The molecular weight excluding hydrogens is 270 g/mol. The highest BCUT2D eigenvalue weighted by atomic mass is 16.5. The molecule has 0 saturated heterocycles. The average Bonchev–Trinajstić information content (AvgIpc) is 2.87. The minimum Gasteiger partial charge on any atom is -0.480 e. The van der Waals surface area contributed by atoms with E-state index >= 15 is 0 Å². The van der Waals surface area contributed by atoms with E-state index < -0.39 is 5.97 Å². The molecule has 0 amide bonds. The van der Waals surface area contributed by atoms with Crippen LogP contribution in [0.25, 0.3) is 11.5 Å². The third kappa shape index (κ3) is 4.16. The van der Waals surface area contributed by atoms with Crippen molar-refractivity contribution in [3.8, 4) is 23.8 Å². The number of hydrogen-bond donors (Lipinski definition) is 1. The van der Waals surface area contributed by atoms with Gasteiger partial charge < -0.3 is 9.63 Å². The first-order chi connectivity index (χ1) is 10.1. The van der Waals surface area contributed by atoms with Gasteiger partial charge in [0, 0.05) is 5.56 Å². The van der Waals surface area contributed by atoms with E-state index in [1.165, 1.54) is 0 Å². The van der Waals surface area contributed by atoms with Gasteiger partial charge >= 0.3 is 5.97 Å². The number of benzene rings is 1. The van der Waals surface area contributed by atoms with Gasteiger partial charge in [-0.2, -0.15) is 4.98 Å². The van der Waals surface area contributed by atoms with Crippen molar-refractivity contribution in [1.82, 2.24) is 15.0 Å². The Morgan fingerprint density at radius 3 is 3.00 bits per heavy atom. The first-order valence-corrected chi connectivity index (χ1v) is 6.35. The van der Waals surface area contributed by atoms with E-state index in [0.717, 1.165) is 11.1 Å². The molecule has 1 aromatic heterocycles. The number of carbonyl (C=O) groups is 1. The Balaban J connectivity index is 2.12. The molecule has 0 fully saturated rings. The van der Waals surface area contributed by atoms with Gasteiger partial charge in [0.05, 0.1) is 19.6 Å². The zero-order chi connectivity index (χ0) is 15.2. The van der Waals surface area contributed by atoms with E-state index in [0.29, 0.717) is 11.7 Å². The lowest BCUT2D eigenvalue weighted by molar-refractivity contribution is -0.138. The first-order valence-electron chi connectivity index (χ1n) is 6.35. The lowest BCUT2D eigenvalue weighted by atomic mass is 10.1. The Hall–Kier alpha value is -2.65. The normalized spacial score (nSPS) is 10.5. The first kappa shape index (κ1) is 14.8. The van der Waals surface area contributed by atoms with Gasteiger partial charge in [-0.3, -0.25) is 9.69 Å². The quantitative estimate of drug-likeness (QED) is 0.811. The van der Waals surface area contributed by atoms with Crippen LogP contribution in [0.5, 0.6) is 0 Å². The minimum absolute atomic E-state index is 0.168. The zero-order valence-corrected chi connectivity index (χ0v) is 11.6. The number of carboxylic acids is 1. The van der Waals surface area contributed by atoms with Crippen molar-refractivity contribution >= 4 is 5.97 Å². The molecule has 0 spiro atoms. The van der Waals surface area contributed by atoms with Gasteiger partial charge in [0.15, 0.2) is 5.82 Å². The highest BCUT2D eigenvalue weighted by Crippen LogP contribution is 2.18. The summed E-state index contributed by atoms with van der Waals surface area (Å²) in [5.41, 5.74) is 1.92. The van der Waals surface area contributed by atoms with Gasteiger partial charge in [-0.25, -0.2) is 0 Å². The van der Waals surface area contributed by atoms with Crippen molar-refractivity contribution in [3.63, 3.8) is 0 Å². The van der Waals surface area contributed by atoms with Crippen LogP contribution in [0.2, 0.25) is 0 Å². The Bertz CT molecular complexity index is 673. The molecule has 0 atom stereocenters. The number of aromatic nitrogens is 2. The van der Waals surface area contributed by atoms with Crippen LogP contribution in [-0.4, -0.2) is 39.2 Å². The molecule has 6 nitrogen and oxygen atoms in total. The highest BCUT2D eigenvalue weighted by Gasteiger charge is 2.14. The average molecular weight is 285 g/mol. The molecule has 2 aromatic rings. The van der Waals surface area contributed by atoms with Gasteiger partial charge in [-0.05, 0) is 19.1 Å². The fourth-order valence-electron chi connectivity index (χ4n) is 1.90. The third-order valence-corrected chi connectivity index (χ3v) is 2.77. The number of hydrogen-bond acceptors (Lipinski definition) is 5. The van der Waals surface area contributed by atoms with E-state index in [1.54, 1.807) is 4.90 Å². The fourth-order valence-corrected chi connectivity index (χ4v) is 1.90. The van der Waals surface area contributed by atoms with Crippen LogP contribution in [0.1, 0.15) is 11.4 Å². The van der Waals surface area contributed by atoms with Gasteiger partial charge in [0.1, 0.15) is 0 Å². The Morgan fingerprint density at radius 1 is 1.52 bits per heavy atom. The van der Waals surface area contributed by atoms with Crippen LogP contribution in [0.15, 0.2) is 28.8 Å². The zero-order valence-electron chi connectivity index (χ0n) is 11.6. The summed E-state index contributed by atoms with van der Waals surface area (Å²) in [5, 5.41) is 12.7. The van der Waals surface area contributed by atoms with Crippen molar-refractivity contribution in [3.05, 3.63) is 35.7 Å². The largest absolute Gasteiger partial charge is 0.480 e. The molecular formula is C15H15N3O3. The number of aliphatic carboxylic acids is 1. The third-order valence-electron chi connectivity index (χ3n) is 2.77. The maximum atomic E-state index is 10.8. The minimum atomic E-state index is -0.951. The summed E-state index contributed by atoms with van der Waals surface area (Å²) in [5.74, 6) is 2.28. The van der Waals surface area contributed by atoms with Crippen LogP contribution >= 0.6 is 0 Å². The van der Waals surface area contributed by atoms with E-state index in [4.69, 9.17) is 16.1 Å². The molecule has 21 heavy (non-hydrogen) atoms. The van der Waals surface area contributed by atoms with Crippen molar-refractivity contribution in [2.75, 3.05) is 13.1 Å². The molecule has 6 heteroatoms. The molecule has 1 N–H and O–H groups in total. The summed E-state index contributed by atoms with van der Waals surface area (Å²) < 4.78 is 5.20. The number of aryl methyl sites for hydroxylation is 1. The van der Waals surface area contributed by atoms with Crippen LogP contribution in [-0.2, 0) is 11.3 Å². The Morgan fingerprint density at radius 2 is 2.33 bits per heavy atom. The second kappa shape index (κ2) is 6.68. The van der Waals surface area contributed by atoms with Crippen LogP contribution < -0.4 is 0 Å². The molecule has 1 heterocycles. The Kier molecular flexibility index (Phi) is 4.69. The number of carboxylic acid groups (broad SMARTS) is 1. The topological polar surface area (TPSA) is 79.5 Å². The molecule has 0 aliphatic carbocycles. The van der Waals surface area contributed by atoms with E-state index in [1.807, 2.05) is 31.2 Å². The molecule has 108 valence electrons. The fraction of sp³-hybridized carbons (Fsp3) is 0.267. The molecule has 1 aromatic carbocycles. The second-order valence-electron chi connectivity index (χ2n) is 4.63. The van der Waals surface area contributed by atoms with Crippen molar-refractivity contribution in [2.45, 2.75) is 13.5 Å². The molecule has 0 aliphatic rings.